The van der Waals surface area contributed by atoms with Crippen molar-refractivity contribution in [3.8, 4) is 11.5 Å². The average molecular weight is 281 g/mol. The zero-order valence-electron chi connectivity index (χ0n) is 12.6. The number of methoxy groups -OCH3 is 1. The third-order valence-corrected chi connectivity index (χ3v) is 3.12. The van der Waals surface area contributed by atoms with Crippen LogP contribution >= 0.6 is 0 Å². The zero-order valence-corrected chi connectivity index (χ0v) is 12.6. The number of amides is 1. The van der Waals surface area contributed by atoms with Crippen LogP contribution in [0.3, 0.4) is 0 Å². The summed E-state index contributed by atoms with van der Waals surface area (Å²) >= 11 is 0. The Hall–Kier alpha value is -1.75. The summed E-state index contributed by atoms with van der Waals surface area (Å²) in [7, 11) is 4.73. The maximum atomic E-state index is 11.8. The van der Waals surface area contributed by atoms with Gasteiger partial charge in [0, 0.05) is 13.0 Å². The summed E-state index contributed by atoms with van der Waals surface area (Å²) in [4.78, 5) is 16.6. The van der Waals surface area contributed by atoms with Gasteiger partial charge in [0.25, 0.3) is 0 Å². The summed E-state index contributed by atoms with van der Waals surface area (Å²) in [5, 5.41) is 1.26. The SMILES string of the molecule is COc1ccc(OCCC[C@H](C)C(=O)N(C)OC)cc1. The van der Waals surface area contributed by atoms with Gasteiger partial charge in [-0.3, -0.25) is 9.63 Å². The number of carbonyl (C=O) groups excluding carboxylic acids is 1. The van der Waals surface area contributed by atoms with Crippen LogP contribution in [-0.2, 0) is 9.63 Å². The van der Waals surface area contributed by atoms with E-state index in [-0.39, 0.29) is 11.8 Å². The standard InChI is InChI=1S/C15H23NO4/c1-12(15(17)16(2)19-4)6-5-11-20-14-9-7-13(18-3)8-10-14/h7-10,12H,5-6,11H2,1-4H3/t12-/m0/s1. The van der Waals surface area contributed by atoms with E-state index in [4.69, 9.17) is 14.3 Å². The van der Waals surface area contributed by atoms with Crippen molar-refractivity contribution in [2.24, 2.45) is 5.92 Å². The van der Waals surface area contributed by atoms with Crippen LogP contribution in [0.5, 0.6) is 11.5 Å². The van der Waals surface area contributed by atoms with E-state index < -0.39 is 0 Å². The zero-order chi connectivity index (χ0) is 15.0. The summed E-state index contributed by atoms with van der Waals surface area (Å²) in [6.07, 6.45) is 1.58. The number of hydrogen-bond donors (Lipinski definition) is 0. The van der Waals surface area contributed by atoms with Crippen LogP contribution in [0, 0.1) is 5.92 Å². The first-order valence-electron chi connectivity index (χ1n) is 6.67. The number of hydrogen-bond acceptors (Lipinski definition) is 4. The Morgan fingerprint density at radius 1 is 1.20 bits per heavy atom. The van der Waals surface area contributed by atoms with Gasteiger partial charge in [-0.15, -0.1) is 0 Å². The predicted molar refractivity (Wildman–Crippen MR) is 76.7 cm³/mol. The normalized spacial score (nSPS) is 11.8. The van der Waals surface area contributed by atoms with Crippen molar-refractivity contribution in [3.05, 3.63) is 24.3 Å². The highest BCUT2D eigenvalue weighted by Gasteiger charge is 2.16. The molecule has 0 radical (unpaired) electrons. The van der Waals surface area contributed by atoms with Crippen molar-refractivity contribution in [2.45, 2.75) is 19.8 Å². The van der Waals surface area contributed by atoms with E-state index in [0.717, 1.165) is 24.3 Å². The molecule has 0 spiro atoms. The van der Waals surface area contributed by atoms with E-state index in [1.165, 1.54) is 12.2 Å². The molecule has 0 fully saturated rings. The molecule has 5 nitrogen and oxygen atoms in total. The molecule has 1 aromatic rings. The first kappa shape index (κ1) is 16.3. The van der Waals surface area contributed by atoms with Crippen LogP contribution in [0.15, 0.2) is 24.3 Å². The molecule has 0 aliphatic rings. The van der Waals surface area contributed by atoms with Crippen molar-refractivity contribution in [1.29, 1.82) is 0 Å². The van der Waals surface area contributed by atoms with Crippen LogP contribution in [0.25, 0.3) is 0 Å². The number of ether oxygens (including phenoxy) is 2. The number of carbonyl (C=O) groups is 1. The Bertz CT molecular complexity index is 405. The highest BCUT2D eigenvalue weighted by atomic mass is 16.7. The second kappa shape index (κ2) is 8.43. The van der Waals surface area contributed by atoms with Crippen molar-refractivity contribution in [3.63, 3.8) is 0 Å². The summed E-state index contributed by atoms with van der Waals surface area (Å²) in [6, 6.07) is 7.45. The average Bonchev–Trinajstić information content (AvgIpc) is 2.50. The molecule has 1 atom stereocenters. The lowest BCUT2D eigenvalue weighted by Gasteiger charge is -2.18. The summed E-state index contributed by atoms with van der Waals surface area (Å²) in [5.74, 6) is 1.52. The second-order valence-corrected chi connectivity index (χ2v) is 4.59. The summed E-state index contributed by atoms with van der Waals surface area (Å²) in [5.41, 5.74) is 0. The molecule has 0 aliphatic heterocycles. The lowest BCUT2D eigenvalue weighted by molar-refractivity contribution is -0.173. The van der Waals surface area contributed by atoms with Crippen LogP contribution in [0.1, 0.15) is 19.8 Å². The van der Waals surface area contributed by atoms with Crippen molar-refractivity contribution in [1.82, 2.24) is 5.06 Å². The van der Waals surface area contributed by atoms with Gasteiger partial charge in [-0.25, -0.2) is 5.06 Å². The number of hydroxylamine groups is 2. The number of rotatable bonds is 8. The van der Waals surface area contributed by atoms with Crippen molar-refractivity contribution < 1.29 is 19.1 Å². The van der Waals surface area contributed by atoms with E-state index in [2.05, 4.69) is 0 Å². The lowest BCUT2D eigenvalue weighted by atomic mass is 10.1. The monoisotopic (exact) mass is 281 g/mol. The second-order valence-electron chi connectivity index (χ2n) is 4.59. The number of benzene rings is 1. The molecule has 0 aliphatic carbocycles. The molecule has 1 amide bonds. The summed E-state index contributed by atoms with van der Waals surface area (Å²) in [6.45, 7) is 2.48. The molecule has 0 unspecified atom stereocenters. The first-order valence-corrected chi connectivity index (χ1v) is 6.67. The molecule has 0 heterocycles. The highest BCUT2D eigenvalue weighted by molar-refractivity contribution is 5.77. The van der Waals surface area contributed by atoms with Crippen molar-refractivity contribution in [2.75, 3.05) is 27.9 Å². The van der Waals surface area contributed by atoms with Gasteiger partial charge in [0.05, 0.1) is 20.8 Å². The summed E-state index contributed by atoms with van der Waals surface area (Å²) < 4.78 is 10.7. The molecule has 0 saturated heterocycles. The number of nitrogens with zero attached hydrogens (tertiary/aromatic N) is 1. The van der Waals surface area contributed by atoms with E-state index in [1.54, 1.807) is 14.2 Å². The molecule has 5 heteroatoms. The molecule has 112 valence electrons. The third-order valence-electron chi connectivity index (χ3n) is 3.12. The van der Waals surface area contributed by atoms with E-state index in [9.17, 15) is 4.79 Å². The molecular formula is C15H23NO4. The van der Waals surface area contributed by atoms with Crippen LogP contribution in [0.4, 0.5) is 0 Å². The molecule has 1 rings (SSSR count). The van der Waals surface area contributed by atoms with E-state index in [1.807, 2.05) is 31.2 Å². The van der Waals surface area contributed by atoms with Crippen LogP contribution in [0.2, 0.25) is 0 Å². The van der Waals surface area contributed by atoms with Gasteiger partial charge >= 0.3 is 0 Å². The van der Waals surface area contributed by atoms with Gasteiger partial charge in [-0.2, -0.15) is 0 Å². The Kier molecular flexibility index (Phi) is 6.87. The Morgan fingerprint density at radius 2 is 1.80 bits per heavy atom. The Morgan fingerprint density at radius 3 is 2.35 bits per heavy atom. The maximum absolute atomic E-state index is 11.8. The topological polar surface area (TPSA) is 48.0 Å². The molecule has 0 bridgehead atoms. The maximum Gasteiger partial charge on any atom is 0.248 e. The van der Waals surface area contributed by atoms with Gasteiger partial charge in [0.15, 0.2) is 0 Å². The largest absolute Gasteiger partial charge is 0.497 e. The van der Waals surface area contributed by atoms with E-state index in [0.29, 0.717) is 6.61 Å². The molecule has 0 N–H and O–H groups in total. The van der Waals surface area contributed by atoms with Crippen LogP contribution < -0.4 is 9.47 Å². The van der Waals surface area contributed by atoms with Gasteiger partial charge < -0.3 is 9.47 Å². The van der Waals surface area contributed by atoms with Gasteiger partial charge in [-0.1, -0.05) is 6.92 Å². The van der Waals surface area contributed by atoms with Gasteiger partial charge in [0.2, 0.25) is 5.91 Å². The Balaban J connectivity index is 2.25. The van der Waals surface area contributed by atoms with Gasteiger partial charge in [-0.05, 0) is 37.1 Å². The smallest absolute Gasteiger partial charge is 0.248 e. The molecule has 0 aromatic heterocycles. The minimum Gasteiger partial charge on any atom is -0.497 e. The fourth-order valence-electron chi connectivity index (χ4n) is 1.78. The molecular weight excluding hydrogens is 258 g/mol. The Labute approximate surface area is 120 Å². The molecule has 0 saturated carbocycles. The third kappa shape index (κ3) is 5.09. The van der Waals surface area contributed by atoms with Gasteiger partial charge in [0.1, 0.15) is 11.5 Å². The van der Waals surface area contributed by atoms with E-state index >= 15 is 0 Å². The lowest BCUT2D eigenvalue weighted by Crippen LogP contribution is -2.30. The fraction of sp³-hybridized carbons (Fsp3) is 0.533. The predicted octanol–water partition coefficient (Wildman–Crippen LogP) is 2.51. The van der Waals surface area contributed by atoms with Crippen molar-refractivity contribution >= 4 is 5.91 Å². The highest BCUT2D eigenvalue weighted by Crippen LogP contribution is 2.17. The molecule has 20 heavy (non-hydrogen) atoms. The minimum atomic E-state index is -0.0700. The van der Waals surface area contributed by atoms with Crippen LogP contribution in [-0.4, -0.2) is 38.8 Å². The quantitative estimate of drug-likeness (QED) is 0.542. The fourth-order valence-corrected chi connectivity index (χ4v) is 1.78. The molecule has 1 aromatic carbocycles. The first-order chi connectivity index (χ1) is 9.58. The minimum absolute atomic E-state index is 0.0167.